The van der Waals surface area contributed by atoms with E-state index in [1.807, 2.05) is 0 Å². The fourth-order valence-electron chi connectivity index (χ4n) is 4.13. The van der Waals surface area contributed by atoms with E-state index in [0.29, 0.717) is 5.92 Å². The Labute approximate surface area is 151 Å². The summed E-state index contributed by atoms with van der Waals surface area (Å²) in [6.07, 6.45) is 15.4. The molecule has 0 bridgehead atoms. The molecule has 0 saturated carbocycles. The van der Waals surface area contributed by atoms with Gasteiger partial charge in [0.15, 0.2) is 0 Å². The van der Waals surface area contributed by atoms with Crippen molar-refractivity contribution in [1.29, 1.82) is 0 Å². The second-order valence-electron chi connectivity index (χ2n) is 7.68. The van der Waals surface area contributed by atoms with Crippen LogP contribution in [0.1, 0.15) is 97.0 Å². The van der Waals surface area contributed by atoms with E-state index in [4.69, 9.17) is 5.73 Å². The molecular formula is C23H41N. The van der Waals surface area contributed by atoms with Crippen molar-refractivity contribution in [2.45, 2.75) is 103 Å². The van der Waals surface area contributed by atoms with Gasteiger partial charge in [-0.1, -0.05) is 102 Å². The molecule has 0 amide bonds. The molecule has 0 aromatic heterocycles. The van der Waals surface area contributed by atoms with E-state index >= 15 is 0 Å². The molecule has 1 nitrogen and oxygen atoms in total. The van der Waals surface area contributed by atoms with E-state index in [9.17, 15) is 0 Å². The molecule has 1 heteroatoms. The molecule has 0 radical (unpaired) electrons. The van der Waals surface area contributed by atoms with Gasteiger partial charge >= 0.3 is 0 Å². The molecule has 0 aliphatic heterocycles. The van der Waals surface area contributed by atoms with Crippen LogP contribution in [0, 0.1) is 5.92 Å². The van der Waals surface area contributed by atoms with E-state index in [-0.39, 0.29) is 5.54 Å². The van der Waals surface area contributed by atoms with Crippen molar-refractivity contribution in [3.05, 3.63) is 35.9 Å². The summed E-state index contributed by atoms with van der Waals surface area (Å²) in [5.74, 6) is 0.617. The Morgan fingerprint density at radius 3 is 1.96 bits per heavy atom. The van der Waals surface area contributed by atoms with Crippen LogP contribution in [0.4, 0.5) is 0 Å². The minimum absolute atomic E-state index is 0.0166. The van der Waals surface area contributed by atoms with Crippen molar-refractivity contribution < 1.29 is 0 Å². The molecule has 2 N–H and O–H groups in total. The van der Waals surface area contributed by atoms with E-state index in [0.717, 1.165) is 19.3 Å². The Morgan fingerprint density at radius 2 is 1.38 bits per heavy atom. The topological polar surface area (TPSA) is 26.0 Å². The van der Waals surface area contributed by atoms with Crippen LogP contribution < -0.4 is 5.73 Å². The first-order valence-corrected chi connectivity index (χ1v) is 10.5. The Bertz CT molecular complexity index is 392. The van der Waals surface area contributed by atoms with E-state index in [2.05, 4.69) is 51.1 Å². The van der Waals surface area contributed by atoms with Gasteiger partial charge in [-0.05, 0) is 37.2 Å². The highest BCUT2D eigenvalue weighted by Gasteiger charge is 2.32. The molecule has 0 fully saturated rings. The SMILES string of the molecule is CCCCCCCCC(Cc1ccccc1)C(N)(CCC)CCC. The van der Waals surface area contributed by atoms with Gasteiger partial charge in [0.2, 0.25) is 0 Å². The third-order valence-electron chi connectivity index (χ3n) is 5.48. The maximum absolute atomic E-state index is 6.97. The lowest BCUT2D eigenvalue weighted by atomic mass is 9.72. The zero-order valence-corrected chi connectivity index (χ0v) is 16.5. The third kappa shape index (κ3) is 7.83. The van der Waals surface area contributed by atoms with Crippen LogP contribution >= 0.6 is 0 Å². The first-order chi connectivity index (χ1) is 11.7. The predicted octanol–water partition coefficient (Wildman–Crippen LogP) is 6.89. The zero-order valence-electron chi connectivity index (χ0n) is 16.5. The van der Waals surface area contributed by atoms with E-state index < -0.39 is 0 Å². The minimum atomic E-state index is 0.0166. The van der Waals surface area contributed by atoms with Gasteiger partial charge < -0.3 is 5.73 Å². The van der Waals surface area contributed by atoms with Crippen LogP contribution in [0.5, 0.6) is 0 Å². The van der Waals surface area contributed by atoms with Gasteiger partial charge in [-0.2, -0.15) is 0 Å². The van der Waals surface area contributed by atoms with Crippen LogP contribution in [0.15, 0.2) is 30.3 Å². The van der Waals surface area contributed by atoms with E-state index in [1.54, 1.807) is 0 Å². The number of nitrogens with two attached hydrogens (primary N) is 1. The third-order valence-corrected chi connectivity index (χ3v) is 5.48. The maximum Gasteiger partial charge on any atom is 0.0185 e. The van der Waals surface area contributed by atoms with Crippen LogP contribution in [0.25, 0.3) is 0 Å². The molecule has 0 aliphatic carbocycles. The Kier molecular flexibility index (Phi) is 11.1. The summed E-state index contributed by atoms with van der Waals surface area (Å²) < 4.78 is 0. The molecule has 0 saturated heterocycles. The van der Waals surface area contributed by atoms with Crippen LogP contribution in [-0.2, 0) is 6.42 Å². The largest absolute Gasteiger partial charge is 0.325 e. The summed E-state index contributed by atoms with van der Waals surface area (Å²) in [5.41, 5.74) is 8.44. The molecule has 1 aromatic carbocycles. The summed E-state index contributed by atoms with van der Waals surface area (Å²) in [4.78, 5) is 0. The molecule has 24 heavy (non-hydrogen) atoms. The number of unbranched alkanes of at least 4 members (excludes halogenated alkanes) is 5. The molecular weight excluding hydrogens is 290 g/mol. The average molecular weight is 332 g/mol. The Balaban J connectivity index is 2.67. The summed E-state index contributed by atoms with van der Waals surface area (Å²) in [5, 5.41) is 0. The lowest BCUT2D eigenvalue weighted by molar-refractivity contribution is 0.211. The number of rotatable bonds is 14. The summed E-state index contributed by atoms with van der Waals surface area (Å²) in [6.45, 7) is 6.84. The minimum Gasteiger partial charge on any atom is -0.325 e. The van der Waals surface area contributed by atoms with Crippen LogP contribution in [0.3, 0.4) is 0 Å². The lowest BCUT2D eigenvalue weighted by Gasteiger charge is -2.38. The van der Waals surface area contributed by atoms with Gasteiger partial charge in [-0.25, -0.2) is 0 Å². The van der Waals surface area contributed by atoms with Gasteiger partial charge in [0.25, 0.3) is 0 Å². The Hall–Kier alpha value is -0.820. The fourth-order valence-corrected chi connectivity index (χ4v) is 4.13. The van der Waals surface area contributed by atoms with Gasteiger partial charge in [0.1, 0.15) is 0 Å². The highest BCUT2D eigenvalue weighted by molar-refractivity contribution is 5.16. The number of benzene rings is 1. The van der Waals surface area contributed by atoms with Crippen molar-refractivity contribution in [1.82, 2.24) is 0 Å². The molecule has 1 aromatic rings. The molecule has 1 atom stereocenters. The highest BCUT2D eigenvalue weighted by Crippen LogP contribution is 2.33. The fraction of sp³-hybridized carbons (Fsp3) is 0.739. The van der Waals surface area contributed by atoms with Gasteiger partial charge in [-0.3, -0.25) is 0 Å². The average Bonchev–Trinajstić information content (AvgIpc) is 2.58. The summed E-state index contributed by atoms with van der Waals surface area (Å²) in [7, 11) is 0. The van der Waals surface area contributed by atoms with Gasteiger partial charge in [0.05, 0.1) is 0 Å². The quantitative estimate of drug-likeness (QED) is 0.369. The standard InChI is InChI=1S/C23H41N/c1-4-7-8-9-10-14-17-22(20-21-15-12-11-13-16-21)23(24,18-5-2)19-6-3/h11-13,15-16,22H,4-10,14,17-20,24H2,1-3H3. The van der Waals surface area contributed by atoms with Gasteiger partial charge in [-0.15, -0.1) is 0 Å². The van der Waals surface area contributed by atoms with Crippen LogP contribution in [0.2, 0.25) is 0 Å². The second kappa shape index (κ2) is 12.5. The zero-order chi connectivity index (χ0) is 17.7. The monoisotopic (exact) mass is 331 g/mol. The van der Waals surface area contributed by atoms with Crippen molar-refractivity contribution in [3.63, 3.8) is 0 Å². The molecule has 0 heterocycles. The van der Waals surface area contributed by atoms with Crippen molar-refractivity contribution in [2.24, 2.45) is 11.7 Å². The van der Waals surface area contributed by atoms with Gasteiger partial charge in [0, 0.05) is 5.54 Å². The molecule has 1 rings (SSSR count). The molecule has 0 aliphatic rings. The smallest absolute Gasteiger partial charge is 0.0185 e. The first-order valence-electron chi connectivity index (χ1n) is 10.5. The molecule has 0 spiro atoms. The molecule has 138 valence electrons. The maximum atomic E-state index is 6.97. The summed E-state index contributed by atoms with van der Waals surface area (Å²) in [6, 6.07) is 11.0. The van der Waals surface area contributed by atoms with E-state index in [1.165, 1.54) is 63.4 Å². The van der Waals surface area contributed by atoms with Crippen LogP contribution in [-0.4, -0.2) is 5.54 Å². The number of hydrogen-bond donors (Lipinski definition) is 1. The number of hydrogen-bond acceptors (Lipinski definition) is 1. The predicted molar refractivity (Wildman–Crippen MR) is 108 cm³/mol. The first kappa shape index (κ1) is 21.2. The Morgan fingerprint density at radius 1 is 0.792 bits per heavy atom. The second-order valence-corrected chi connectivity index (χ2v) is 7.68. The van der Waals surface area contributed by atoms with Crippen molar-refractivity contribution >= 4 is 0 Å². The summed E-state index contributed by atoms with van der Waals surface area (Å²) >= 11 is 0. The normalized spacial score (nSPS) is 13.2. The lowest BCUT2D eigenvalue weighted by Crippen LogP contribution is -2.48. The van der Waals surface area contributed by atoms with Crippen molar-refractivity contribution in [2.75, 3.05) is 0 Å². The highest BCUT2D eigenvalue weighted by atomic mass is 14.8. The molecule has 1 unspecified atom stereocenters. The van der Waals surface area contributed by atoms with Crippen molar-refractivity contribution in [3.8, 4) is 0 Å².